The maximum absolute atomic E-state index is 7.45. The Morgan fingerprint density at radius 3 is 2.20 bits per heavy atom. The van der Waals surface area contributed by atoms with Crippen molar-refractivity contribution in [1.82, 2.24) is 4.57 Å². The van der Waals surface area contributed by atoms with Gasteiger partial charge in [0.1, 0.15) is 0 Å². The van der Waals surface area contributed by atoms with Gasteiger partial charge in [-0.1, -0.05) is 91.5 Å². The third-order valence-corrected chi connectivity index (χ3v) is 8.57. The number of aromatic nitrogens is 1. The van der Waals surface area contributed by atoms with Crippen LogP contribution in [0.1, 0.15) is 31.9 Å². The van der Waals surface area contributed by atoms with E-state index in [1.807, 2.05) is 19.1 Å². The van der Waals surface area contributed by atoms with E-state index in [4.69, 9.17) is 11.1 Å². The van der Waals surface area contributed by atoms with E-state index in [2.05, 4.69) is 134 Å². The zero-order valence-electron chi connectivity index (χ0n) is 26.0. The van der Waals surface area contributed by atoms with Crippen molar-refractivity contribution in [3.05, 3.63) is 162 Å². The molecule has 5 aromatic carbocycles. The Morgan fingerprint density at radius 2 is 1.44 bits per heavy atom. The lowest BCUT2D eigenvalue weighted by molar-refractivity contribution is 1.18. The lowest BCUT2D eigenvalue weighted by Gasteiger charge is -2.12. The average Bonchev–Trinajstić information content (AvgIpc) is 3.41. The Bertz CT molecular complexity index is 2220. The molecule has 0 aliphatic heterocycles. The van der Waals surface area contributed by atoms with Gasteiger partial charge >= 0.3 is 0 Å². The largest absolute Gasteiger partial charge is 0.404 e. The summed E-state index contributed by atoms with van der Waals surface area (Å²) >= 11 is 0. The van der Waals surface area contributed by atoms with Gasteiger partial charge in [0.15, 0.2) is 0 Å². The molecule has 3 heteroatoms. The Balaban J connectivity index is 1.56. The summed E-state index contributed by atoms with van der Waals surface area (Å²) in [5, 5.41) is 12.3. The van der Waals surface area contributed by atoms with E-state index in [1.165, 1.54) is 55.5 Å². The molecule has 220 valence electrons. The van der Waals surface area contributed by atoms with Crippen LogP contribution >= 0.6 is 0 Å². The molecule has 0 saturated heterocycles. The minimum Gasteiger partial charge on any atom is -0.404 e. The molecule has 6 aromatic rings. The summed E-state index contributed by atoms with van der Waals surface area (Å²) < 4.78 is 2.40. The minimum atomic E-state index is 0.902. The number of fused-ring (bicyclic) bond motifs is 5. The summed E-state index contributed by atoms with van der Waals surface area (Å²) in [4.78, 5) is 0. The van der Waals surface area contributed by atoms with Crippen molar-refractivity contribution in [3.8, 4) is 16.8 Å². The zero-order chi connectivity index (χ0) is 31.5. The molecule has 3 N–H and O–H groups in total. The van der Waals surface area contributed by atoms with E-state index in [-0.39, 0.29) is 0 Å². The van der Waals surface area contributed by atoms with E-state index in [9.17, 15) is 0 Å². The highest BCUT2D eigenvalue weighted by atomic mass is 15.0. The van der Waals surface area contributed by atoms with Gasteiger partial charge in [-0.3, -0.25) is 0 Å². The van der Waals surface area contributed by atoms with Crippen molar-refractivity contribution in [3.63, 3.8) is 0 Å². The van der Waals surface area contributed by atoms with Crippen molar-refractivity contribution in [2.24, 2.45) is 5.73 Å². The molecule has 0 fully saturated rings. The summed E-state index contributed by atoms with van der Waals surface area (Å²) in [5.74, 6) is 0. The Kier molecular flexibility index (Phi) is 8.18. The van der Waals surface area contributed by atoms with Crippen LogP contribution in [-0.2, 0) is 0 Å². The van der Waals surface area contributed by atoms with Gasteiger partial charge in [-0.25, -0.2) is 0 Å². The highest BCUT2D eigenvalue weighted by molar-refractivity contribution is 6.19. The Labute approximate surface area is 265 Å². The van der Waals surface area contributed by atoms with Gasteiger partial charge in [0.25, 0.3) is 0 Å². The SMILES string of the molecule is C=C/C=C(\C)c1cccc(-c2ccc3c(ccc4c5ccc(/C(C)=C/C(=C\N)C(/C)=C/C=N)cc5n(-c5ccccc5)c34)c2)c1. The Hall–Kier alpha value is -5.67. The molecule has 1 aromatic heterocycles. The number of hydrogen-bond acceptors (Lipinski definition) is 2. The second-order valence-electron chi connectivity index (χ2n) is 11.4. The first-order valence-electron chi connectivity index (χ1n) is 15.2. The number of nitrogens with one attached hydrogen (secondary N) is 1. The summed E-state index contributed by atoms with van der Waals surface area (Å²) in [5.41, 5.74) is 18.3. The summed E-state index contributed by atoms with van der Waals surface area (Å²) in [6, 6.07) is 37.3. The van der Waals surface area contributed by atoms with E-state index in [0.29, 0.717) is 0 Å². The van der Waals surface area contributed by atoms with Crippen LogP contribution in [0.2, 0.25) is 0 Å². The molecule has 0 atom stereocenters. The maximum Gasteiger partial charge on any atom is 0.0619 e. The quantitative estimate of drug-likeness (QED) is 0.136. The number of para-hydroxylation sites is 1. The molecule has 0 aliphatic carbocycles. The number of nitrogens with two attached hydrogens (primary N) is 1. The third kappa shape index (κ3) is 5.57. The second-order valence-corrected chi connectivity index (χ2v) is 11.4. The van der Waals surface area contributed by atoms with E-state index in [0.717, 1.165) is 33.5 Å². The molecule has 0 radical (unpaired) electrons. The first kappa shape index (κ1) is 29.4. The fourth-order valence-corrected chi connectivity index (χ4v) is 6.15. The monoisotopic (exact) mass is 583 g/mol. The third-order valence-electron chi connectivity index (χ3n) is 8.57. The molecule has 0 unspecified atom stereocenters. The summed E-state index contributed by atoms with van der Waals surface area (Å²) in [6.45, 7) is 10.1. The van der Waals surface area contributed by atoms with Gasteiger partial charge < -0.3 is 15.7 Å². The van der Waals surface area contributed by atoms with Gasteiger partial charge in [0, 0.05) is 34.3 Å². The smallest absolute Gasteiger partial charge is 0.0619 e. The van der Waals surface area contributed by atoms with E-state index in [1.54, 1.807) is 12.3 Å². The lowest BCUT2D eigenvalue weighted by Crippen LogP contribution is -1.95. The first-order valence-corrected chi connectivity index (χ1v) is 15.2. The Morgan fingerprint density at radius 1 is 0.711 bits per heavy atom. The molecule has 0 amide bonds. The number of hydrogen-bond donors (Lipinski definition) is 2. The summed E-state index contributed by atoms with van der Waals surface area (Å²) in [6.07, 6.45) is 10.6. The van der Waals surface area contributed by atoms with Crippen molar-refractivity contribution in [2.45, 2.75) is 20.8 Å². The average molecular weight is 584 g/mol. The van der Waals surface area contributed by atoms with Crippen LogP contribution in [0.4, 0.5) is 0 Å². The number of nitrogens with zero attached hydrogens (tertiary/aromatic N) is 1. The predicted molar refractivity (Wildman–Crippen MR) is 196 cm³/mol. The van der Waals surface area contributed by atoms with E-state index >= 15 is 0 Å². The highest BCUT2D eigenvalue weighted by Crippen LogP contribution is 2.39. The molecule has 1 heterocycles. The van der Waals surface area contributed by atoms with Crippen molar-refractivity contribution in [1.29, 1.82) is 5.41 Å². The molecule has 3 nitrogen and oxygen atoms in total. The molecule has 0 bridgehead atoms. The molecule has 45 heavy (non-hydrogen) atoms. The lowest BCUT2D eigenvalue weighted by atomic mass is 9.96. The first-order chi connectivity index (χ1) is 21.9. The van der Waals surface area contributed by atoms with Crippen LogP contribution in [0.3, 0.4) is 0 Å². The number of allylic oxidation sites excluding steroid dienone is 8. The minimum absolute atomic E-state index is 0.902. The van der Waals surface area contributed by atoms with Gasteiger partial charge in [-0.15, -0.1) is 0 Å². The fraction of sp³-hybridized carbons (Fsp3) is 0.0714. The molecule has 0 aliphatic rings. The van der Waals surface area contributed by atoms with E-state index < -0.39 is 0 Å². The maximum atomic E-state index is 7.45. The van der Waals surface area contributed by atoms with Crippen LogP contribution in [0.25, 0.3) is 60.5 Å². The molecule has 0 spiro atoms. The van der Waals surface area contributed by atoms with Crippen LogP contribution in [-0.4, -0.2) is 10.8 Å². The highest BCUT2D eigenvalue weighted by Gasteiger charge is 2.16. The zero-order valence-corrected chi connectivity index (χ0v) is 26.0. The normalized spacial score (nSPS) is 13.1. The standard InChI is InChI=1S/C42H37N3/c1-5-10-28(2)31-11-9-12-33(24-31)34-16-18-38-35(25-34)17-20-40-39-19-15-32(30(4)23-36(27-44)29(3)21-22-43)26-41(39)45(42(38)40)37-13-7-6-8-14-37/h5-27,43H,1,44H2,2-4H3/b28-10+,29-21+,30-23+,36-27+,43-22?. The van der Waals surface area contributed by atoms with Crippen LogP contribution in [0, 0.1) is 5.41 Å². The number of benzene rings is 5. The van der Waals surface area contributed by atoms with Gasteiger partial charge in [0.05, 0.1) is 11.0 Å². The molecule has 6 rings (SSSR count). The topological polar surface area (TPSA) is 54.8 Å². The van der Waals surface area contributed by atoms with Crippen molar-refractivity contribution < 1.29 is 0 Å². The van der Waals surface area contributed by atoms with Crippen molar-refractivity contribution in [2.75, 3.05) is 0 Å². The van der Waals surface area contributed by atoms with Gasteiger partial charge in [0.2, 0.25) is 0 Å². The molecular formula is C42H37N3. The second kappa shape index (κ2) is 12.5. The van der Waals surface area contributed by atoms with Crippen molar-refractivity contribution >= 4 is 49.9 Å². The fourth-order valence-electron chi connectivity index (χ4n) is 6.15. The molecule has 0 saturated carbocycles. The number of rotatable bonds is 8. The van der Waals surface area contributed by atoms with Crippen LogP contribution in [0.15, 0.2) is 151 Å². The predicted octanol–water partition coefficient (Wildman–Crippen LogP) is 11.0. The molecular weight excluding hydrogens is 546 g/mol. The summed E-state index contributed by atoms with van der Waals surface area (Å²) in [7, 11) is 0. The van der Waals surface area contributed by atoms with Crippen LogP contribution < -0.4 is 5.73 Å². The van der Waals surface area contributed by atoms with Crippen LogP contribution in [0.5, 0.6) is 0 Å². The van der Waals surface area contributed by atoms with Gasteiger partial charge in [-0.05, 0) is 113 Å². The van der Waals surface area contributed by atoms with Gasteiger partial charge in [-0.2, -0.15) is 0 Å².